The molecule has 0 bridgehead atoms. The average molecular weight is 225 g/mol. The van der Waals surface area contributed by atoms with E-state index in [0.29, 0.717) is 26.2 Å². The minimum atomic E-state index is -0.801. The standard InChI is InChI=1S/C11H11F2N2O/c12-8-1-2-10(13)9(7-8)11(16)15-5-3-14-4-6-15/h1,7,14H,3-6H2. The second-order valence-electron chi connectivity index (χ2n) is 3.59. The van der Waals surface area contributed by atoms with Crippen molar-refractivity contribution in [2.75, 3.05) is 26.2 Å². The molecule has 2 rings (SSSR count). The molecule has 0 saturated carbocycles. The lowest BCUT2D eigenvalue weighted by Gasteiger charge is -2.27. The van der Waals surface area contributed by atoms with Gasteiger partial charge in [-0.05, 0) is 12.1 Å². The van der Waals surface area contributed by atoms with Gasteiger partial charge in [-0.2, -0.15) is 0 Å². The summed E-state index contributed by atoms with van der Waals surface area (Å²) in [4.78, 5) is 13.3. The van der Waals surface area contributed by atoms with Crippen molar-refractivity contribution >= 4 is 5.91 Å². The van der Waals surface area contributed by atoms with Crippen molar-refractivity contribution in [3.05, 3.63) is 35.4 Å². The Kier molecular flexibility index (Phi) is 3.14. The Morgan fingerprint density at radius 2 is 2.06 bits per heavy atom. The predicted octanol–water partition coefficient (Wildman–Crippen LogP) is 0.810. The Bertz CT molecular complexity index is 403. The van der Waals surface area contributed by atoms with E-state index in [0.717, 1.165) is 12.1 Å². The van der Waals surface area contributed by atoms with E-state index < -0.39 is 17.5 Å². The van der Waals surface area contributed by atoms with Crippen LogP contribution in [0.25, 0.3) is 0 Å². The highest BCUT2D eigenvalue weighted by atomic mass is 19.1. The molecule has 1 aliphatic rings. The highest BCUT2D eigenvalue weighted by Gasteiger charge is 2.21. The fraction of sp³-hybridized carbons (Fsp3) is 0.364. The van der Waals surface area contributed by atoms with E-state index >= 15 is 0 Å². The molecule has 0 spiro atoms. The summed E-state index contributed by atoms with van der Waals surface area (Å²) < 4.78 is 26.2. The van der Waals surface area contributed by atoms with Crippen molar-refractivity contribution in [1.82, 2.24) is 10.2 Å². The van der Waals surface area contributed by atoms with Crippen molar-refractivity contribution in [2.24, 2.45) is 0 Å². The first-order chi connectivity index (χ1) is 7.68. The normalized spacial score (nSPS) is 16.2. The van der Waals surface area contributed by atoms with Crippen LogP contribution in [0.1, 0.15) is 10.4 Å². The molecule has 85 valence electrons. The molecule has 1 saturated heterocycles. The first-order valence-corrected chi connectivity index (χ1v) is 5.05. The molecule has 1 aliphatic heterocycles. The molecule has 5 heteroatoms. The van der Waals surface area contributed by atoms with E-state index in [1.54, 1.807) is 0 Å². The van der Waals surface area contributed by atoms with Crippen molar-refractivity contribution in [3.63, 3.8) is 0 Å². The van der Waals surface area contributed by atoms with Crippen molar-refractivity contribution in [1.29, 1.82) is 0 Å². The maximum absolute atomic E-state index is 13.3. The number of nitrogens with zero attached hydrogens (tertiary/aromatic N) is 1. The maximum Gasteiger partial charge on any atom is 0.257 e. The monoisotopic (exact) mass is 225 g/mol. The average Bonchev–Trinajstić information content (AvgIpc) is 2.32. The summed E-state index contributed by atoms with van der Waals surface area (Å²) in [6, 6.07) is 3.88. The molecule has 0 aromatic heterocycles. The SMILES string of the molecule is O=C(c1cc(F)c[c]c1F)N1CCNCC1. The quantitative estimate of drug-likeness (QED) is 0.767. The number of carbonyl (C=O) groups excluding carboxylic acids is 1. The Balaban J connectivity index is 2.22. The van der Waals surface area contributed by atoms with Gasteiger partial charge >= 0.3 is 0 Å². The molecular formula is C11H11F2N2O. The van der Waals surface area contributed by atoms with Crippen LogP contribution in [0.15, 0.2) is 12.1 Å². The van der Waals surface area contributed by atoms with Crippen LogP contribution >= 0.6 is 0 Å². The largest absolute Gasteiger partial charge is 0.336 e. The number of hydrogen-bond donors (Lipinski definition) is 1. The smallest absolute Gasteiger partial charge is 0.257 e. The summed E-state index contributed by atoms with van der Waals surface area (Å²) in [6.07, 6.45) is 0. The molecule has 1 aromatic carbocycles. The zero-order valence-electron chi connectivity index (χ0n) is 8.59. The van der Waals surface area contributed by atoms with Crippen LogP contribution in [0, 0.1) is 17.7 Å². The summed E-state index contributed by atoms with van der Waals surface area (Å²) >= 11 is 0. The van der Waals surface area contributed by atoms with Crippen LogP contribution in [0.2, 0.25) is 0 Å². The van der Waals surface area contributed by atoms with Crippen LogP contribution < -0.4 is 5.32 Å². The summed E-state index contributed by atoms with van der Waals surface area (Å²) in [5.41, 5.74) is -0.248. The summed E-state index contributed by atoms with van der Waals surface area (Å²) in [5, 5.41) is 3.08. The minimum Gasteiger partial charge on any atom is -0.336 e. The van der Waals surface area contributed by atoms with Crippen LogP contribution in [-0.2, 0) is 0 Å². The molecule has 1 radical (unpaired) electrons. The molecule has 1 aromatic rings. The summed E-state index contributed by atoms with van der Waals surface area (Å²) in [7, 11) is 0. The van der Waals surface area contributed by atoms with E-state index in [1.807, 2.05) is 0 Å². The van der Waals surface area contributed by atoms with E-state index in [2.05, 4.69) is 11.4 Å². The van der Waals surface area contributed by atoms with E-state index in [9.17, 15) is 13.6 Å². The lowest BCUT2D eigenvalue weighted by atomic mass is 10.1. The number of nitrogens with one attached hydrogen (secondary N) is 1. The van der Waals surface area contributed by atoms with Gasteiger partial charge in [0, 0.05) is 32.2 Å². The Labute approximate surface area is 92.1 Å². The highest BCUT2D eigenvalue weighted by molar-refractivity contribution is 5.94. The Morgan fingerprint density at radius 1 is 1.38 bits per heavy atom. The topological polar surface area (TPSA) is 32.3 Å². The van der Waals surface area contributed by atoms with Gasteiger partial charge in [0.25, 0.3) is 5.91 Å². The Morgan fingerprint density at radius 3 is 2.75 bits per heavy atom. The first kappa shape index (κ1) is 11.0. The van der Waals surface area contributed by atoms with Gasteiger partial charge in [-0.15, -0.1) is 0 Å². The van der Waals surface area contributed by atoms with Crippen molar-refractivity contribution in [3.8, 4) is 0 Å². The Hall–Kier alpha value is -1.49. The molecule has 0 atom stereocenters. The zero-order valence-corrected chi connectivity index (χ0v) is 8.59. The second kappa shape index (κ2) is 4.57. The number of piperazine rings is 1. The fourth-order valence-corrected chi connectivity index (χ4v) is 1.65. The molecule has 1 fully saturated rings. The lowest BCUT2D eigenvalue weighted by Crippen LogP contribution is -2.46. The molecule has 0 unspecified atom stereocenters. The highest BCUT2D eigenvalue weighted by Crippen LogP contribution is 2.12. The molecule has 1 amide bonds. The van der Waals surface area contributed by atoms with Crippen molar-refractivity contribution in [2.45, 2.75) is 0 Å². The van der Waals surface area contributed by atoms with Gasteiger partial charge in [0.1, 0.15) is 11.6 Å². The third-order valence-electron chi connectivity index (χ3n) is 2.49. The third-order valence-corrected chi connectivity index (χ3v) is 2.49. The number of amides is 1. The fourth-order valence-electron chi connectivity index (χ4n) is 1.65. The zero-order chi connectivity index (χ0) is 11.5. The van der Waals surface area contributed by atoms with E-state index in [-0.39, 0.29) is 5.56 Å². The van der Waals surface area contributed by atoms with Gasteiger partial charge in [-0.1, -0.05) is 0 Å². The van der Waals surface area contributed by atoms with E-state index in [4.69, 9.17) is 0 Å². The second-order valence-corrected chi connectivity index (χ2v) is 3.59. The number of hydrogen-bond acceptors (Lipinski definition) is 2. The van der Waals surface area contributed by atoms with Gasteiger partial charge in [0.15, 0.2) is 0 Å². The molecule has 3 nitrogen and oxygen atoms in total. The molecule has 0 aliphatic carbocycles. The van der Waals surface area contributed by atoms with Crippen LogP contribution in [-0.4, -0.2) is 37.0 Å². The lowest BCUT2D eigenvalue weighted by molar-refractivity contribution is 0.0730. The molecular weight excluding hydrogens is 214 g/mol. The minimum absolute atomic E-state index is 0.248. The number of rotatable bonds is 1. The number of carbonyl (C=O) groups is 1. The van der Waals surface area contributed by atoms with Crippen molar-refractivity contribution < 1.29 is 13.6 Å². The molecule has 1 N–H and O–H groups in total. The third kappa shape index (κ3) is 2.19. The number of benzene rings is 1. The van der Waals surface area contributed by atoms with Crippen LogP contribution in [0.5, 0.6) is 0 Å². The van der Waals surface area contributed by atoms with E-state index in [1.165, 1.54) is 4.90 Å². The van der Waals surface area contributed by atoms with Gasteiger partial charge in [0.05, 0.1) is 5.56 Å². The summed E-state index contributed by atoms with van der Waals surface area (Å²) in [6.45, 7) is 2.36. The van der Waals surface area contributed by atoms with Gasteiger partial charge in [-0.25, -0.2) is 8.78 Å². The maximum atomic E-state index is 13.3. The first-order valence-electron chi connectivity index (χ1n) is 5.05. The van der Waals surface area contributed by atoms with Crippen LogP contribution in [0.3, 0.4) is 0 Å². The number of halogens is 2. The molecule has 1 heterocycles. The summed E-state index contributed by atoms with van der Waals surface area (Å²) in [5.74, 6) is -1.93. The predicted molar refractivity (Wildman–Crippen MR) is 54.0 cm³/mol. The van der Waals surface area contributed by atoms with Gasteiger partial charge in [0.2, 0.25) is 0 Å². The van der Waals surface area contributed by atoms with Crippen LogP contribution in [0.4, 0.5) is 8.78 Å². The van der Waals surface area contributed by atoms with Gasteiger partial charge in [-0.3, -0.25) is 4.79 Å². The van der Waals surface area contributed by atoms with Gasteiger partial charge < -0.3 is 10.2 Å². The molecule has 16 heavy (non-hydrogen) atoms.